The number of thiazole rings is 1. The van der Waals surface area contributed by atoms with Crippen molar-refractivity contribution in [3.8, 4) is 0 Å². The third kappa shape index (κ3) is 3.02. The molecule has 0 bridgehead atoms. The first-order valence-corrected chi connectivity index (χ1v) is 8.18. The summed E-state index contributed by atoms with van der Waals surface area (Å²) in [5.74, 6) is 0.237. The number of hydrogen-bond acceptors (Lipinski definition) is 7. The van der Waals surface area contributed by atoms with Gasteiger partial charge in [-0.05, 0) is 25.3 Å². The molecule has 0 spiro atoms. The highest BCUT2D eigenvalue weighted by atomic mass is 32.1. The van der Waals surface area contributed by atoms with Crippen LogP contribution in [-0.2, 0) is 6.54 Å². The maximum Gasteiger partial charge on any atom is 0.290 e. The average Bonchev–Trinajstić information content (AvgIpc) is 3.18. The highest BCUT2D eigenvalue weighted by Gasteiger charge is 2.31. The van der Waals surface area contributed by atoms with Crippen LogP contribution in [-0.4, -0.2) is 32.5 Å². The van der Waals surface area contributed by atoms with Crippen molar-refractivity contribution in [3.05, 3.63) is 27.8 Å². The van der Waals surface area contributed by atoms with Crippen molar-refractivity contribution in [1.29, 1.82) is 0 Å². The van der Waals surface area contributed by atoms with E-state index in [1.807, 2.05) is 6.20 Å². The van der Waals surface area contributed by atoms with Gasteiger partial charge in [0.1, 0.15) is 5.01 Å². The van der Waals surface area contributed by atoms with Gasteiger partial charge in [-0.3, -0.25) is 9.69 Å². The Morgan fingerprint density at radius 3 is 3.05 bits per heavy atom. The third-order valence-electron chi connectivity index (χ3n) is 3.79. The molecule has 2 aromatic heterocycles. The molecule has 118 valence electrons. The molecule has 1 amide bonds. The lowest BCUT2D eigenvalue weighted by atomic mass is 10.2. The van der Waals surface area contributed by atoms with E-state index in [1.54, 1.807) is 11.3 Å². The average molecular weight is 321 g/mol. The van der Waals surface area contributed by atoms with E-state index in [4.69, 9.17) is 10.3 Å². The van der Waals surface area contributed by atoms with E-state index < -0.39 is 5.91 Å². The largest absolute Gasteiger partial charge is 0.363 e. The molecule has 1 atom stereocenters. The number of rotatable bonds is 5. The standard InChI is InChI=1S/C14H19N5O2S/c1-8(2)10-6-16-11(22-10)7-19-5-3-4-9(19)14-17-13(12(15)20)18-21-14/h6,8-9H,3-5,7H2,1-2H3,(H2,15,20). The zero-order chi connectivity index (χ0) is 15.7. The lowest BCUT2D eigenvalue weighted by molar-refractivity contribution is 0.0987. The van der Waals surface area contributed by atoms with Crippen molar-refractivity contribution in [2.45, 2.75) is 45.2 Å². The fourth-order valence-electron chi connectivity index (χ4n) is 2.60. The topological polar surface area (TPSA) is 98.1 Å². The second-order valence-electron chi connectivity index (χ2n) is 5.76. The van der Waals surface area contributed by atoms with Gasteiger partial charge >= 0.3 is 0 Å². The number of amides is 1. The molecule has 1 unspecified atom stereocenters. The van der Waals surface area contributed by atoms with Gasteiger partial charge in [0.15, 0.2) is 0 Å². The fraction of sp³-hybridized carbons (Fsp3) is 0.571. The normalized spacial score (nSPS) is 19.1. The monoisotopic (exact) mass is 321 g/mol. The van der Waals surface area contributed by atoms with E-state index in [-0.39, 0.29) is 11.9 Å². The Bertz CT molecular complexity index is 666. The summed E-state index contributed by atoms with van der Waals surface area (Å²) in [5, 5.41) is 4.72. The maximum atomic E-state index is 11.1. The van der Waals surface area contributed by atoms with Gasteiger partial charge in [0.25, 0.3) is 11.7 Å². The van der Waals surface area contributed by atoms with Crippen LogP contribution in [0.25, 0.3) is 0 Å². The van der Waals surface area contributed by atoms with Crippen LogP contribution in [0.1, 0.15) is 65.0 Å². The molecule has 1 saturated heterocycles. The molecule has 0 radical (unpaired) electrons. The molecular formula is C14H19N5O2S. The molecule has 0 aromatic carbocycles. The Kier molecular flexibility index (Phi) is 4.21. The van der Waals surface area contributed by atoms with E-state index in [9.17, 15) is 4.79 Å². The molecule has 3 heterocycles. The highest BCUT2D eigenvalue weighted by molar-refractivity contribution is 7.11. The summed E-state index contributed by atoms with van der Waals surface area (Å²) in [7, 11) is 0. The number of hydrogen-bond donors (Lipinski definition) is 1. The summed E-state index contributed by atoms with van der Waals surface area (Å²) in [6.07, 6.45) is 3.94. The van der Waals surface area contributed by atoms with Crippen molar-refractivity contribution in [3.63, 3.8) is 0 Å². The van der Waals surface area contributed by atoms with Gasteiger partial charge in [-0.2, -0.15) is 4.98 Å². The van der Waals surface area contributed by atoms with Crippen LogP contribution in [0.4, 0.5) is 0 Å². The Morgan fingerprint density at radius 2 is 2.41 bits per heavy atom. The van der Waals surface area contributed by atoms with E-state index in [0.29, 0.717) is 11.8 Å². The number of primary amides is 1. The summed E-state index contributed by atoms with van der Waals surface area (Å²) < 4.78 is 5.20. The minimum absolute atomic E-state index is 0.0343. The number of carbonyl (C=O) groups is 1. The lowest BCUT2D eigenvalue weighted by Gasteiger charge is -2.19. The highest BCUT2D eigenvalue weighted by Crippen LogP contribution is 2.33. The molecule has 0 aliphatic carbocycles. The Morgan fingerprint density at radius 1 is 1.59 bits per heavy atom. The smallest absolute Gasteiger partial charge is 0.290 e. The van der Waals surface area contributed by atoms with Gasteiger partial charge in [-0.1, -0.05) is 19.0 Å². The maximum absolute atomic E-state index is 11.1. The SMILES string of the molecule is CC(C)c1cnc(CN2CCCC2c2nc(C(N)=O)no2)s1. The van der Waals surface area contributed by atoms with Crippen LogP contribution in [0.2, 0.25) is 0 Å². The molecule has 2 aromatic rings. The van der Waals surface area contributed by atoms with Crippen molar-refractivity contribution in [1.82, 2.24) is 20.0 Å². The van der Waals surface area contributed by atoms with Crippen molar-refractivity contribution >= 4 is 17.2 Å². The van der Waals surface area contributed by atoms with Gasteiger partial charge in [0.05, 0.1) is 12.6 Å². The van der Waals surface area contributed by atoms with Crippen LogP contribution in [0.5, 0.6) is 0 Å². The molecule has 1 aliphatic heterocycles. The van der Waals surface area contributed by atoms with Crippen LogP contribution in [0, 0.1) is 0 Å². The predicted molar refractivity (Wildman–Crippen MR) is 81.4 cm³/mol. The predicted octanol–water partition coefficient (Wildman–Crippen LogP) is 2.09. The van der Waals surface area contributed by atoms with Crippen molar-refractivity contribution in [2.24, 2.45) is 5.73 Å². The van der Waals surface area contributed by atoms with E-state index >= 15 is 0 Å². The summed E-state index contributed by atoms with van der Waals surface area (Å²) >= 11 is 1.74. The third-order valence-corrected chi connectivity index (χ3v) is 5.07. The summed E-state index contributed by atoms with van der Waals surface area (Å²) in [6, 6.07) is 0.0343. The number of carbonyl (C=O) groups excluding carboxylic acids is 1. The molecule has 2 N–H and O–H groups in total. The molecule has 1 fully saturated rings. The van der Waals surface area contributed by atoms with Crippen LogP contribution >= 0.6 is 11.3 Å². The minimum Gasteiger partial charge on any atom is -0.363 e. The minimum atomic E-state index is -0.666. The van der Waals surface area contributed by atoms with Crippen molar-refractivity contribution < 1.29 is 9.32 Å². The summed E-state index contributed by atoms with van der Waals surface area (Å²) in [6.45, 7) is 6.05. The van der Waals surface area contributed by atoms with Gasteiger partial charge in [-0.15, -0.1) is 11.3 Å². The zero-order valence-corrected chi connectivity index (χ0v) is 13.5. The quantitative estimate of drug-likeness (QED) is 0.905. The molecule has 22 heavy (non-hydrogen) atoms. The number of likely N-dealkylation sites (tertiary alicyclic amines) is 1. The first-order chi connectivity index (χ1) is 10.5. The number of aromatic nitrogens is 3. The van der Waals surface area contributed by atoms with Gasteiger partial charge in [0.2, 0.25) is 5.89 Å². The molecule has 7 nitrogen and oxygen atoms in total. The van der Waals surface area contributed by atoms with E-state index in [0.717, 1.165) is 30.9 Å². The van der Waals surface area contributed by atoms with Crippen LogP contribution < -0.4 is 5.73 Å². The van der Waals surface area contributed by atoms with E-state index in [1.165, 1.54) is 4.88 Å². The Labute approximate surface area is 132 Å². The molecule has 8 heteroatoms. The molecule has 3 rings (SSSR count). The van der Waals surface area contributed by atoms with Gasteiger partial charge in [-0.25, -0.2) is 4.98 Å². The van der Waals surface area contributed by atoms with E-state index in [2.05, 4.69) is 33.9 Å². The Hall–Kier alpha value is -1.80. The first-order valence-electron chi connectivity index (χ1n) is 7.36. The van der Waals surface area contributed by atoms with Crippen molar-refractivity contribution in [2.75, 3.05) is 6.54 Å². The number of nitrogens with two attached hydrogens (primary N) is 1. The van der Waals surface area contributed by atoms with Gasteiger partial charge in [0, 0.05) is 11.1 Å². The fourth-order valence-corrected chi connectivity index (χ4v) is 3.55. The zero-order valence-electron chi connectivity index (χ0n) is 12.7. The number of nitrogens with zero attached hydrogens (tertiary/aromatic N) is 4. The molecule has 1 aliphatic rings. The van der Waals surface area contributed by atoms with Crippen LogP contribution in [0.3, 0.4) is 0 Å². The second-order valence-corrected chi connectivity index (χ2v) is 6.91. The summed E-state index contributed by atoms with van der Waals surface area (Å²) in [4.78, 5) is 23.2. The molecule has 0 saturated carbocycles. The first kappa shape index (κ1) is 15.1. The Balaban J connectivity index is 1.73. The lowest BCUT2D eigenvalue weighted by Crippen LogP contribution is -2.23. The summed E-state index contributed by atoms with van der Waals surface area (Å²) in [5.41, 5.74) is 5.17. The molecular weight excluding hydrogens is 302 g/mol. The second kappa shape index (κ2) is 6.13. The van der Waals surface area contributed by atoms with Crippen LogP contribution in [0.15, 0.2) is 10.7 Å². The van der Waals surface area contributed by atoms with Gasteiger partial charge < -0.3 is 10.3 Å².